The quantitative estimate of drug-likeness (QED) is 0.572. The Bertz CT molecular complexity index is 746. The molecule has 0 amide bonds. The lowest BCUT2D eigenvalue weighted by atomic mass is 9.48. The van der Waals surface area contributed by atoms with Crippen molar-refractivity contribution in [3.63, 3.8) is 0 Å². The Labute approximate surface area is 177 Å². The summed E-state index contributed by atoms with van der Waals surface area (Å²) >= 11 is 0. The van der Waals surface area contributed by atoms with Crippen molar-refractivity contribution in [1.82, 2.24) is 0 Å². The third-order valence-electron chi connectivity index (χ3n) is 9.90. The van der Waals surface area contributed by atoms with Crippen LogP contribution in [0.2, 0.25) is 0 Å². The normalized spacial score (nSPS) is 47.0. The van der Waals surface area contributed by atoms with Crippen LogP contribution in [0, 0.1) is 34.5 Å². The number of rotatable bonds is 4. The minimum atomic E-state index is -0.235. The summed E-state index contributed by atoms with van der Waals surface area (Å²) < 4.78 is 6.23. The first kappa shape index (κ1) is 20.1. The molecule has 3 saturated carbocycles. The van der Waals surface area contributed by atoms with Crippen molar-refractivity contribution < 1.29 is 9.84 Å². The van der Waals surface area contributed by atoms with Gasteiger partial charge in [-0.2, -0.15) is 0 Å². The summed E-state index contributed by atoms with van der Waals surface area (Å²) in [6.45, 7) is 12.2. The van der Waals surface area contributed by atoms with E-state index in [-0.39, 0.29) is 12.2 Å². The van der Waals surface area contributed by atoms with Gasteiger partial charge in [-0.1, -0.05) is 56.2 Å². The standard InChI is InChI=1S/C27H40O2/c1-17(2)18(3)6-5-7-19-8-10-21-20-9-11-23-25-24(28)13-15-27(23,16-29-25)22(20)12-14-26(19,21)4/h7,9,17,21-25,28H,3,5-6,8,10-16H2,1-2,4H3/b19-7+/t21-,22-,23-,24-,25+,26+,27-/m0/s1. The van der Waals surface area contributed by atoms with E-state index in [4.69, 9.17) is 4.74 Å². The number of fused-ring (bicyclic) bond motifs is 3. The predicted molar refractivity (Wildman–Crippen MR) is 118 cm³/mol. The number of ether oxygens (including phenoxy) is 1. The van der Waals surface area contributed by atoms with Crippen molar-refractivity contribution in [3.05, 3.63) is 35.5 Å². The Morgan fingerprint density at radius 2 is 2.10 bits per heavy atom. The molecule has 0 aromatic rings. The van der Waals surface area contributed by atoms with Crippen LogP contribution in [0.5, 0.6) is 0 Å². The molecule has 4 aliphatic carbocycles. The molecule has 0 aromatic heterocycles. The fraction of sp³-hybridized carbons (Fsp3) is 0.778. The molecule has 5 rings (SSSR count). The summed E-state index contributed by atoms with van der Waals surface area (Å²) in [4.78, 5) is 0. The van der Waals surface area contributed by atoms with Crippen LogP contribution in [0.3, 0.4) is 0 Å². The minimum absolute atomic E-state index is 0.1000. The molecule has 1 N–H and O–H groups in total. The molecule has 1 saturated heterocycles. The molecular weight excluding hydrogens is 356 g/mol. The van der Waals surface area contributed by atoms with Crippen molar-refractivity contribution in [2.24, 2.45) is 34.5 Å². The van der Waals surface area contributed by atoms with E-state index in [1.165, 1.54) is 37.7 Å². The fourth-order valence-corrected chi connectivity index (χ4v) is 7.99. The zero-order valence-corrected chi connectivity index (χ0v) is 18.8. The summed E-state index contributed by atoms with van der Waals surface area (Å²) in [6.07, 6.45) is 15.9. The van der Waals surface area contributed by atoms with Crippen LogP contribution < -0.4 is 0 Å². The molecule has 0 unspecified atom stereocenters. The van der Waals surface area contributed by atoms with E-state index in [1.54, 1.807) is 11.1 Å². The topological polar surface area (TPSA) is 29.5 Å². The van der Waals surface area contributed by atoms with Gasteiger partial charge in [0.1, 0.15) is 0 Å². The lowest BCUT2D eigenvalue weighted by Crippen LogP contribution is -2.52. The van der Waals surface area contributed by atoms with Crippen LogP contribution in [0.1, 0.15) is 78.6 Å². The molecule has 1 aliphatic heterocycles. The summed E-state index contributed by atoms with van der Waals surface area (Å²) in [5.74, 6) is 2.60. The van der Waals surface area contributed by atoms with Crippen LogP contribution in [0.25, 0.3) is 0 Å². The van der Waals surface area contributed by atoms with Gasteiger partial charge in [0.15, 0.2) is 0 Å². The number of hydrogen-bond acceptors (Lipinski definition) is 2. The maximum absolute atomic E-state index is 10.4. The van der Waals surface area contributed by atoms with Gasteiger partial charge >= 0.3 is 0 Å². The molecular formula is C27H40O2. The minimum Gasteiger partial charge on any atom is -0.390 e. The summed E-state index contributed by atoms with van der Waals surface area (Å²) in [5.41, 5.74) is 5.61. The average Bonchev–Trinajstić information content (AvgIpc) is 3.19. The number of allylic oxidation sites excluding steroid dienone is 5. The third kappa shape index (κ3) is 2.88. The maximum Gasteiger partial charge on any atom is 0.0871 e. The lowest BCUT2D eigenvalue weighted by molar-refractivity contribution is -0.0451. The van der Waals surface area contributed by atoms with Crippen molar-refractivity contribution in [2.75, 3.05) is 6.61 Å². The van der Waals surface area contributed by atoms with E-state index in [1.807, 2.05) is 0 Å². The van der Waals surface area contributed by atoms with Crippen molar-refractivity contribution >= 4 is 0 Å². The Balaban J connectivity index is 1.37. The summed E-state index contributed by atoms with van der Waals surface area (Å²) in [5, 5.41) is 10.4. The summed E-state index contributed by atoms with van der Waals surface area (Å²) in [6, 6.07) is 0. The fourth-order valence-electron chi connectivity index (χ4n) is 7.99. The van der Waals surface area contributed by atoms with Crippen LogP contribution in [0.15, 0.2) is 35.5 Å². The van der Waals surface area contributed by atoms with E-state index in [2.05, 4.69) is 39.5 Å². The molecule has 1 heterocycles. The zero-order chi connectivity index (χ0) is 20.4. The van der Waals surface area contributed by atoms with Gasteiger partial charge in [0.2, 0.25) is 0 Å². The van der Waals surface area contributed by atoms with Crippen molar-refractivity contribution in [1.29, 1.82) is 0 Å². The van der Waals surface area contributed by atoms with Gasteiger partial charge < -0.3 is 9.84 Å². The van der Waals surface area contributed by atoms with Gasteiger partial charge in [-0.3, -0.25) is 0 Å². The second-order valence-electron chi connectivity index (χ2n) is 11.3. The molecule has 2 nitrogen and oxygen atoms in total. The zero-order valence-electron chi connectivity index (χ0n) is 18.8. The summed E-state index contributed by atoms with van der Waals surface area (Å²) in [7, 11) is 0. The van der Waals surface area contributed by atoms with Gasteiger partial charge in [-0.05, 0) is 86.9 Å². The Morgan fingerprint density at radius 3 is 2.90 bits per heavy atom. The van der Waals surface area contributed by atoms with E-state index in [0.29, 0.717) is 28.6 Å². The number of aliphatic hydroxyl groups is 1. The molecule has 29 heavy (non-hydrogen) atoms. The molecule has 5 aliphatic rings. The Kier molecular flexibility index (Phi) is 4.91. The van der Waals surface area contributed by atoms with Crippen molar-refractivity contribution in [3.8, 4) is 0 Å². The second kappa shape index (κ2) is 7.09. The van der Waals surface area contributed by atoms with Gasteiger partial charge in [0, 0.05) is 5.41 Å². The van der Waals surface area contributed by atoms with Gasteiger partial charge in [-0.15, -0.1) is 0 Å². The molecule has 0 aromatic carbocycles. The highest BCUT2D eigenvalue weighted by atomic mass is 16.5. The first-order chi connectivity index (χ1) is 13.9. The molecule has 0 spiro atoms. The molecule has 7 atom stereocenters. The Hall–Kier alpha value is -0.860. The molecule has 2 bridgehead atoms. The van der Waals surface area contributed by atoms with Gasteiger partial charge in [0.05, 0.1) is 18.8 Å². The van der Waals surface area contributed by atoms with E-state index >= 15 is 0 Å². The van der Waals surface area contributed by atoms with Crippen molar-refractivity contribution in [2.45, 2.75) is 90.8 Å². The smallest absolute Gasteiger partial charge is 0.0871 e. The number of hydrogen-bond donors (Lipinski definition) is 1. The lowest BCUT2D eigenvalue weighted by Gasteiger charge is -2.55. The maximum atomic E-state index is 10.4. The molecule has 2 heteroatoms. The largest absolute Gasteiger partial charge is 0.390 e. The first-order valence-corrected chi connectivity index (χ1v) is 12.2. The van der Waals surface area contributed by atoms with E-state index in [0.717, 1.165) is 38.2 Å². The second-order valence-corrected chi connectivity index (χ2v) is 11.3. The van der Waals surface area contributed by atoms with Gasteiger partial charge in [0.25, 0.3) is 0 Å². The SMILES string of the molecule is C=C(CC/C=C1\CC[C@H]2C3=CC[C@H]4[C@H]5OC[C@@]4(CC[C@@H]5O)[C@H]3CC[C@]12C)C(C)C. The monoisotopic (exact) mass is 396 g/mol. The first-order valence-electron chi connectivity index (χ1n) is 12.2. The van der Waals surface area contributed by atoms with Crippen LogP contribution >= 0.6 is 0 Å². The Morgan fingerprint density at radius 1 is 1.28 bits per heavy atom. The molecule has 4 fully saturated rings. The number of aliphatic hydroxyl groups excluding tert-OH is 1. The van der Waals surface area contributed by atoms with Crippen LogP contribution in [0.4, 0.5) is 0 Å². The third-order valence-corrected chi connectivity index (χ3v) is 9.90. The predicted octanol–water partition coefficient (Wildman–Crippen LogP) is 6.22. The highest BCUT2D eigenvalue weighted by Gasteiger charge is 2.63. The highest BCUT2D eigenvalue weighted by molar-refractivity contribution is 5.35. The molecule has 160 valence electrons. The van der Waals surface area contributed by atoms with Crippen LogP contribution in [-0.2, 0) is 4.74 Å². The van der Waals surface area contributed by atoms with E-state index in [9.17, 15) is 5.11 Å². The highest BCUT2D eigenvalue weighted by Crippen LogP contribution is 2.67. The average molecular weight is 397 g/mol. The van der Waals surface area contributed by atoms with Crippen LogP contribution in [-0.4, -0.2) is 23.9 Å². The molecule has 0 radical (unpaired) electrons. The van der Waals surface area contributed by atoms with E-state index < -0.39 is 0 Å². The van der Waals surface area contributed by atoms with Gasteiger partial charge in [-0.25, -0.2) is 0 Å².